The van der Waals surface area contributed by atoms with E-state index in [2.05, 4.69) is 64.2 Å². The molecule has 0 radical (unpaired) electrons. The third kappa shape index (κ3) is 6.23. The first-order chi connectivity index (χ1) is 9.29. The molecule has 2 nitrogen and oxygen atoms in total. The summed E-state index contributed by atoms with van der Waals surface area (Å²) in [5.41, 5.74) is 2.76. The van der Waals surface area contributed by atoms with Crippen LogP contribution in [0.2, 0.25) is 0 Å². The molecule has 0 spiro atoms. The normalized spacial score (nSPS) is 11.7. The fraction of sp³-hybridized carbons (Fsp3) is 0.611. The van der Waals surface area contributed by atoms with Crippen molar-refractivity contribution in [1.82, 2.24) is 5.32 Å². The second-order valence-electron chi connectivity index (χ2n) is 6.98. The molecule has 0 heterocycles. The first-order valence-corrected chi connectivity index (χ1v) is 7.65. The highest BCUT2D eigenvalue weighted by Crippen LogP contribution is 2.22. The van der Waals surface area contributed by atoms with E-state index in [1.807, 2.05) is 0 Å². The Morgan fingerprint density at radius 1 is 1.15 bits per heavy atom. The van der Waals surface area contributed by atoms with Gasteiger partial charge in [-0.2, -0.15) is 0 Å². The molecule has 0 atom stereocenters. The van der Waals surface area contributed by atoms with Gasteiger partial charge >= 0.3 is 0 Å². The lowest BCUT2D eigenvalue weighted by molar-refractivity contribution is -0.121. The highest BCUT2D eigenvalue weighted by molar-refractivity contribution is 5.76. The van der Waals surface area contributed by atoms with Crippen LogP contribution < -0.4 is 5.32 Å². The van der Waals surface area contributed by atoms with Crippen molar-refractivity contribution in [3.8, 4) is 0 Å². The molecule has 0 aromatic heterocycles. The van der Waals surface area contributed by atoms with E-state index in [0.717, 1.165) is 19.4 Å². The summed E-state index contributed by atoms with van der Waals surface area (Å²) < 4.78 is 0. The van der Waals surface area contributed by atoms with Gasteiger partial charge in [0.15, 0.2) is 0 Å². The van der Waals surface area contributed by atoms with Crippen molar-refractivity contribution >= 4 is 5.91 Å². The van der Waals surface area contributed by atoms with Crippen LogP contribution in [-0.4, -0.2) is 12.5 Å². The van der Waals surface area contributed by atoms with Gasteiger partial charge in [-0.05, 0) is 35.3 Å². The lowest BCUT2D eigenvalue weighted by atomic mass is 9.86. The maximum atomic E-state index is 11.7. The summed E-state index contributed by atoms with van der Waals surface area (Å²) in [5, 5.41) is 2.98. The molecule has 0 aliphatic heterocycles. The molecule has 1 aromatic rings. The lowest BCUT2D eigenvalue weighted by Crippen LogP contribution is -2.25. The van der Waals surface area contributed by atoms with Crippen LogP contribution in [0.3, 0.4) is 0 Å². The summed E-state index contributed by atoms with van der Waals surface area (Å²) >= 11 is 0. The second kappa shape index (κ2) is 7.47. The van der Waals surface area contributed by atoms with Gasteiger partial charge in [0.25, 0.3) is 0 Å². The molecule has 0 fully saturated rings. The van der Waals surface area contributed by atoms with Crippen molar-refractivity contribution in [1.29, 1.82) is 0 Å². The standard InChI is InChI=1S/C18H29NO/c1-14(2)12-13-19-17(20)11-8-15-6-9-16(10-7-15)18(3,4)5/h6-7,9-10,14H,8,11-13H2,1-5H3,(H,19,20). The van der Waals surface area contributed by atoms with Gasteiger partial charge < -0.3 is 5.32 Å². The summed E-state index contributed by atoms with van der Waals surface area (Å²) in [7, 11) is 0. The largest absolute Gasteiger partial charge is 0.356 e. The minimum absolute atomic E-state index is 0.158. The smallest absolute Gasteiger partial charge is 0.220 e. The number of nitrogens with one attached hydrogen (secondary N) is 1. The third-order valence-electron chi connectivity index (χ3n) is 3.50. The number of carbonyl (C=O) groups excluding carboxylic acids is 1. The molecule has 1 aromatic carbocycles. The Morgan fingerprint density at radius 2 is 1.75 bits per heavy atom. The van der Waals surface area contributed by atoms with E-state index in [1.54, 1.807) is 0 Å². The van der Waals surface area contributed by atoms with Crippen molar-refractivity contribution in [3.05, 3.63) is 35.4 Å². The van der Waals surface area contributed by atoms with Gasteiger partial charge in [0.05, 0.1) is 0 Å². The van der Waals surface area contributed by atoms with Crippen LogP contribution in [0.15, 0.2) is 24.3 Å². The van der Waals surface area contributed by atoms with Crippen LogP contribution in [-0.2, 0) is 16.6 Å². The molecular formula is C18H29NO. The SMILES string of the molecule is CC(C)CCNC(=O)CCc1ccc(C(C)(C)C)cc1. The molecule has 2 heteroatoms. The van der Waals surface area contributed by atoms with E-state index < -0.39 is 0 Å². The summed E-state index contributed by atoms with van der Waals surface area (Å²) in [6.45, 7) is 11.8. The minimum atomic E-state index is 0.158. The van der Waals surface area contributed by atoms with Crippen LogP contribution in [0.4, 0.5) is 0 Å². The molecule has 1 rings (SSSR count). The molecular weight excluding hydrogens is 246 g/mol. The summed E-state index contributed by atoms with van der Waals surface area (Å²) in [6.07, 6.45) is 2.44. The zero-order valence-corrected chi connectivity index (χ0v) is 13.6. The third-order valence-corrected chi connectivity index (χ3v) is 3.50. The molecule has 0 aliphatic rings. The summed E-state index contributed by atoms with van der Waals surface area (Å²) in [4.78, 5) is 11.7. The predicted octanol–water partition coefficient (Wildman–Crippen LogP) is 4.08. The maximum Gasteiger partial charge on any atom is 0.220 e. The van der Waals surface area contributed by atoms with Gasteiger partial charge in [-0.3, -0.25) is 4.79 Å². The first-order valence-electron chi connectivity index (χ1n) is 7.65. The quantitative estimate of drug-likeness (QED) is 0.832. The Bertz CT molecular complexity index is 412. The number of aryl methyl sites for hydroxylation is 1. The number of benzene rings is 1. The number of carbonyl (C=O) groups is 1. The number of amides is 1. The Labute approximate surface area is 124 Å². The second-order valence-corrected chi connectivity index (χ2v) is 6.98. The highest BCUT2D eigenvalue weighted by Gasteiger charge is 2.12. The van der Waals surface area contributed by atoms with E-state index in [9.17, 15) is 4.79 Å². The van der Waals surface area contributed by atoms with Crippen LogP contribution in [0.5, 0.6) is 0 Å². The molecule has 0 unspecified atom stereocenters. The van der Waals surface area contributed by atoms with E-state index in [-0.39, 0.29) is 11.3 Å². The fourth-order valence-electron chi connectivity index (χ4n) is 2.02. The molecule has 112 valence electrons. The van der Waals surface area contributed by atoms with Crippen LogP contribution in [0, 0.1) is 5.92 Å². The first kappa shape index (κ1) is 16.7. The maximum absolute atomic E-state index is 11.7. The topological polar surface area (TPSA) is 29.1 Å². The molecule has 0 aliphatic carbocycles. The zero-order chi connectivity index (χ0) is 15.2. The number of rotatable bonds is 6. The van der Waals surface area contributed by atoms with Gasteiger partial charge in [0.1, 0.15) is 0 Å². The Balaban J connectivity index is 2.37. The molecule has 0 saturated carbocycles. The van der Waals surface area contributed by atoms with Crippen molar-refractivity contribution in [3.63, 3.8) is 0 Å². The van der Waals surface area contributed by atoms with Gasteiger partial charge in [-0.1, -0.05) is 58.9 Å². The van der Waals surface area contributed by atoms with Gasteiger partial charge in [0, 0.05) is 13.0 Å². The van der Waals surface area contributed by atoms with Crippen molar-refractivity contribution in [2.45, 2.75) is 59.3 Å². The van der Waals surface area contributed by atoms with E-state index in [0.29, 0.717) is 12.3 Å². The van der Waals surface area contributed by atoms with Crippen molar-refractivity contribution < 1.29 is 4.79 Å². The lowest BCUT2D eigenvalue weighted by Gasteiger charge is -2.19. The van der Waals surface area contributed by atoms with Crippen LogP contribution in [0.25, 0.3) is 0 Å². The average molecular weight is 275 g/mol. The molecule has 20 heavy (non-hydrogen) atoms. The van der Waals surface area contributed by atoms with Crippen LogP contribution in [0.1, 0.15) is 58.6 Å². The van der Waals surface area contributed by atoms with Gasteiger partial charge in [-0.15, -0.1) is 0 Å². The number of hydrogen-bond acceptors (Lipinski definition) is 1. The van der Waals surface area contributed by atoms with E-state index >= 15 is 0 Å². The van der Waals surface area contributed by atoms with Crippen LogP contribution >= 0.6 is 0 Å². The van der Waals surface area contributed by atoms with Gasteiger partial charge in [-0.25, -0.2) is 0 Å². The zero-order valence-electron chi connectivity index (χ0n) is 13.6. The number of hydrogen-bond donors (Lipinski definition) is 1. The summed E-state index contributed by atoms with van der Waals surface area (Å²) in [5.74, 6) is 0.797. The molecule has 1 N–H and O–H groups in total. The van der Waals surface area contributed by atoms with Crippen molar-refractivity contribution in [2.75, 3.05) is 6.54 Å². The molecule has 0 bridgehead atoms. The predicted molar refractivity (Wildman–Crippen MR) is 85.9 cm³/mol. The highest BCUT2D eigenvalue weighted by atomic mass is 16.1. The van der Waals surface area contributed by atoms with E-state index in [4.69, 9.17) is 0 Å². The Morgan fingerprint density at radius 3 is 2.25 bits per heavy atom. The summed E-state index contributed by atoms with van der Waals surface area (Å²) in [6, 6.07) is 8.63. The fourth-order valence-corrected chi connectivity index (χ4v) is 2.02. The van der Waals surface area contributed by atoms with Gasteiger partial charge in [0.2, 0.25) is 5.91 Å². The minimum Gasteiger partial charge on any atom is -0.356 e. The molecule has 0 saturated heterocycles. The monoisotopic (exact) mass is 275 g/mol. The Hall–Kier alpha value is -1.31. The average Bonchev–Trinajstić information content (AvgIpc) is 2.35. The Kier molecular flexibility index (Phi) is 6.25. The molecule has 1 amide bonds. The van der Waals surface area contributed by atoms with Crippen molar-refractivity contribution in [2.24, 2.45) is 5.92 Å². The van der Waals surface area contributed by atoms with E-state index in [1.165, 1.54) is 11.1 Å².